The summed E-state index contributed by atoms with van der Waals surface area (Å²) in [5, 5.41) is 14.0. The van der Waals surface area contributed by atoms with Crippen LogP contribution >= 0.6 is 0 Å². The van der Waals surface area contributed by atoms with Crippen LogP contribution in [0.15, 0.2) is 30.3 Å². The standard InChI is InChI=1S/C17H22N4O2/c1-12-5-6-13(2)15(11-12)19-17(22)14-7-8-16(21-20-14)18-9-4-10-23-3/h5-8,11H,4,9-10H2,1-3H3,(H,18,21)(H,19,22). The van der Waals surface area contributed by atoms with E-state index in [2.05, 4.69) is 20.8 Å². The van der Waals surface area contributed by atoms with Crippen LogP contribution in [-0.2, 0) is 4.74 Å². The van der Waals surface area contributed by atoms with E-state index in [-0.39, 0.29) is 11.6 Å². The molecule has 1 aromatic heterocycles. The fraction of sp³-hybridized carbons (Fsp3) is 0.353. The second-order valence-electron chi connectivity index (χ2n) is 5.35. The van der Waals surface area contributed by atoms with Gasteiger partial charge in [-0.05, 0) is 49.6 Å². The molecule has 0 bridgehead atoms. The van der Waals surface area contributed by atoms with Gasteiger partial charge in [0.2, 0.25) is 0 Å². The maximum Gasteiger partial charge on any atom is 0.276 e. The minimum atomic E-state index is -0.267. The Morgan fingerprint density at radius 1 is 1.17 bits per heavy atom. The Bertz CT molecular complexity index is 656. The van der Waals surface area contributed by atoms with E-state index < -0.39 is 0 Å². The van der Waals surface area contributed by atoms with E-state index in [9.17, 15) is 4.79 Å². The summed E-state index contributed by atoms with van der Waals surface area (Å²) in [5.41, 5.74) is 3.17. The molecule has 122 valence electrons. The van der Waals surface area contributed by atoms with Gasteiger partial charge in [-0.15, -0.1) is 10.2 Å². The molecule has 2 aromatic rings. The molecule has 1 amide bonds. The molecule has 6 heteroatoms. The number of amides is 1. The highest BCUT2D eigenvalue weighted by Crippen LogP contribution is 2.17. The van der Waals surface area contributed by atoms with Crippen molar-refractivity contribution in [1.82, 2.24) is 10.2 Å². The van der Waals surface area contributed by atoms with Crippen molar-refractivity contribution in [3.63, 3.8) is 0 Å². The molecule has 1 heterocycles. The summed E-state index contributed by atoms with van der Waals surface area (Å²) in [4.78, 5) is 12.2. The Morgan fingerprint density at radius 2 is 2.00 bits per heavy atom. The highest BCUT2D eigenvalue weighted by atomic mass is 16.5. The van der Waals surface area contributed by atoms with Crippen LogP contribution in [0.5, 0.6) is 0 Å². The van der Waals surface area contributed by atoms with Crippen LogP contribution in [0.25, 0.3) is 0 Å². The predicted octanol–water partition coefficient (Wildman–Crippen LogP) is 2.79. The quantitative estimate of drug-likeness (QED) is 0.769. The molecular weight excluding hydrogens is 292 g/mol. The molecule has 1 aromatic carbocycles. The van der Waals surface area contributed by atoms with Crippen molar-refractivity contribution in [2.45, 2.75) is 20.3 Å². The molecule has 0 spiro atoms. The van der Waals surface area contributed by atoms with Crippen LogP contribution < -0.4 is 10.6 Å². The van der Waals surface area contributed by atoms with Crippen LogP contribution in [0.4, 0.5) is 11.5 Å². The molecule has 0 aliphatic carbocycles. The number of aryl methyl sites for hydroxylation is 2. The third-order valence-electron chi connectivity index (χ3n) is 3.37. The summed E-state index contributed by atoms with van der Waals surface area (Å²) in [6, 6.07) is 9.33. The van der Waals surface area contributed by atoms with E-state index in [4.69, 9.17) is 4.74 Å². The minimum Gasteiger partial charge on any atom is -0.385 e. The lowest BCUT2D eigenvalue weighted by atomic mass is 10.1. The number of ether oxygens (including phenoxy) is 1. The summed E-state index contributed by atoms with van der Waals surface area (Å²) in [6.07, 6.45) is 0.882. The Kier molecular flexibility index (Phi) is 6.05. The van der Waals surface area contributed by atoms with E-state index in [0.29, 0.717) is 12.4 Å². The van der Waals surface area contributed by atoms with Crippen molar-refractivity contribution in [3.05, 3.63) is 47.2 Å². The predicted molar refractivity (Wildman–Crippen MR) is 90.9 cm³/mol. The third-order valence-corrected chi connectivity index (χ3v) is 3.37. The number of nitrogens with zero attached hydrogens (tertiary/aromatic N) is 2. The molecular formula is C17H22N4O2. The molecule has 0 radical (unpaired) electrons. The maximum absolute atomic E-state index is 12.2. The number of aromatic nitrogens is 2. The fourth-order valence-corrected chi connectivity index (χ4v) is 2.04. The normalized spacial score (nSPS) is 10.4. The van der Waals surface area contributed by atoms with Crippen molar-refractivity contribution in [2.24, 2.45) is 0 Å². The third kappa shape index (κ3) is 5.03. The first-order valence-electron chi connectivity index (χ1n) is 7.55. The van der Waals surface area contributed by atoms with Crippen molar-refractivity contribution in [2.75, 3.05) is 30.9 Å². The van der Waals surface area contributed by atoms with Crippen LogP contribution in [0.2, 0.25) is 0 Å². The number of benzene rings is 1. The molecule has 0 aliphatic heterocycles. The largest absolute Gasteiger partial charge is 0.385 e. The SMILES string of the molecule is COCCCNc1ccc(C(=O)Nc2cc(C)ccc2C)nn1. The van der Waals surface area contributed by atoms with E-state index in [1.165, 1.54) is 0 Å². The minimum absolute atomic E-state index is 0.267. The average Bonchev–Trinajstić information content (AvgIpc) is 2.55. The zero-order chi connectivity index (χ0) is 16.7. The number of methoxy groups -OCH3 is 1. The summed E-state index contributed by atoms with van der Waals surface area (Å²) >= 11 is 0. The number of nitrogens with one attached hydrogen (secondary N) is 2. The smallest absolute Gasteiger partial charge is 0.276 e. The van der Waals surface area contributed by atoms with Gasteiger partial charge >= 0.3 is 0 Å². The first-order valence-corrected chi connectivity index (χ1v) is 7.55. The fourth-order valence-electron chi connectivity index (χ4n) is 2.04. The number of hydrogen-bond acceptors (Lipinski definition) is 5. The number of carbonyl (C=O) groups is 1. The summed E-state index contributed by atoms with van der Waals surface area (Å²) in [6.45, 7) is 5.38. The zero-order valence-electron chi connectivity index (χ0n) is 13.7. The van der Waals surface area contributed by atoms with Gasteiger partial charge in [0.05, 0.1) is 0 Å². The van der Waals surface area contributed by atoms with Gasteiger partial charge in [0.25, 0.3) is 5.91 Å². The summed E-state index contributed by atoms with van der Waals surface area (Å²) < 4.78 is 4.98. The van der Waals surface area contributed by atoms with Crippen molar-refractivity contribution in [3.8, 4) is 0 Å². The zero-order valence-corrected chi connectivity index (χ0v) is 13.7. The van der Waals surface area contributed by atoms with E-state index in [1.54, 1.807) is 19.2 Å². The van der Waals surface area contributed by atoms with Gasteiger partial charge in [0.1, 0.15) is 5.82 Å². The Labute approximate surface area is 136 Å². The van der Waals surface area contributed by atoms with Gasteiger partial charge in [0, 0.05) is 25.9 Å². The molecule has 2 rings (SSSR count). The summed E-state index contributed by atoms with van der Waals surface area (Å²) in [7, 11) is 1.67. The first kappa shape index (κ1) is 16.9. The molecule has 0 unspecified atom stereocenters. The highest BCUT2D eigenvalue weighted by Gasteiger charge is 2.10. The lowest BCUT2D eigenvalue weighted by Gasteiger charge is -2.09. The lowest BCUT2D eigenvalue weighted by Crippen LogP contribution is -2.16. The number of anilines is 2. The first-order chi connectivity index (χ1) is 11.1. The van der Waals surface area contributed by atoms with E-state index in [0.717, 1.165) is 29.8 Å². The van der Waals surface area contributed by atoms with Gasteiger partial charge in [-0.3, -0.25) is 4.79 Å². The second kappa shape index (κ2) is 8.24. The molecule has 23 heavy (non-hydrogen) atoms. The van der Waals surface area contributed by atoms with Crippen LogP contribution in [-0.4, -0.2) is 36.4 Å². The van der Waals surface area contributed by atoms with Gasteiger partial charge in [-0.2, -0.15) is 0 Å². The van der Waals surface area contributed by atoms with E-state index in [1.807, 2.05) is 32.0 Å². The van der Waals surface area contributed by atoms with E-state index >= 15 is 0 Å². The highest BCUT2D eigenvalue weighted by molar-refractivity contribution is 6.03. The number of rotatable bonds is 7. The number of hydrogen-bond donors (Lipinski definition) is 2. The second-order valence-corrected chi connectivity index (χ2v) is 5.35. The Hall–Kier alpha value is -2.47. The average molecular weight is 314 g/mol. The monoisotopic (exact) mass is 314 g/mol. The summed E-state index contributed by atoms with van der Waals surface area (Å²) in [5.74, 6) is 0.376. The lowest BCUT2D eigenvalue weighted by molar-refractivity contribution is 0.102. The Balaban J connectivity index is 1.96. The topological polar surface area (TPSA) is 76.1 Å². The number of carbonyl (C=O) groups excluding carboxylic acids is 1. The molecule has 0 atom stereocenters. The molecule has 6 nitrogen and oxygen atoms in total. The van der Waals surface area contributed by atoms with Gasteiger partial charge in [-0.1, -0.05) is 12.1 Å². The van der Waals surface area contributed by atoms with Crippen molar-refractivity contribution in [1.29, 1.82) is 0 Å². The molecule has 0 aliphatic rings. The van der Waals surface area contributed by atoms with Gasteiger partial charge in [-0.25, -0.2) is 0 Å². The van der Waals surface area contributed by atoms with Crippen molar-refractivity contribution < 1.29 is 9.53 Å². The van der Waals surface area contributed by atoms with Crippen LogP contribution in [0.3, 0.4) is 0 Å². The van der Waals surface area contributed by atoms with Crippen molar-refractivity contribution >= 4 is 17.4 Å². The maximum atomic E-state index is 12.2. The molecule has 0 fully saturated rings. The Morgan fingerprint density at radius 3 is 2.70 bits per heavy atom. The van der Waals surface area contributed by atoms with Crippen LogP contribution in [0.1, 0.15) is 28.0 Å². The molecule has 0 saturated heterocycles. The van der Waals surface area contributed by atoms with Crippen LogP contribution in [0, 0.1) is 13.8 Å². The van der Waals surface area contributed by atoms with Gasteiger partial charge < -0.3 is 15.4 Å². The molecule has 2 N–H and O–H groups in total. The molecule has 0 saturated carbocycles. The van der Waals surface area contributed by atoms with Gasteiger partial charge in [0.15, 0.2) is 5.69 Å².